The van der Waals surface area contributed by atoms with Crippen LogP contribution in [0.1, 0.15) is 0 Å². The number of imidazole rings is 1. The maximum Gasteiger partial charge on any atom is 0.133 e. The lowest BCUT2D eigenvalue weighted by molar-refractivity contribution is 0.533. The standard InChI is InChI=1S/C7H11NS2.C3H4N2/c1-3-5-8(6-4-2)7(9)10;1-2-5-3-4-1/h3-4H,1-2,5-6H2,(H,9,10);1-3H,(H,4,5). The molecule has 1 N–H and O–H groups in total. The molecule has 5 heteroatoms. The lowest BCUT2D eigenvalue weighted by atomic mass is 10.5. The fourth-order valence-electron chi connectivity index (χ4n) is 0.758. The first kappa shape index (κ1) is 13.9. The molecule has 3 nitrogen and oxygen atoms in total. The predicted molar refractivity (Wildman–Crippen MR) is 72.1 cm³/mol. The number of hydrogen-bond donors (Lipinski definition) is 2. The first-order valence-corrected chi connectivity index (χ1v) is 5.20. The van der Waals surface area contributed by atoms with Crippen molar-refractivity contribution in [3.63, 3.8) is 0 Å². The van der Waals surface area contributed by atoms with Gasteiger partial charge in [0.05, 0.1) is 6.33 Å². The van der Waals surface area contributed by atoms with Gasteiger partial charge >= 0.3 is 0 Å². The first-order valence-electron chi connectivity index (χ1n) is 4.34. The van der Waals surface area contributed by atoms with Crippen molar-refractivity contribution in [1.29, 1.82) is 0 Å². The Morgan fingerprint density at radius 2 is 2.07 bits per heavy atom. The van der Waals surface area contributed by atoms with Crippen LogP contribution in [0.15, 0.2) is 44.0 Å². The maximum atomic E-state index is 4.84. The van der Waals surface area contributed by atoms with Crippen molar-refractivity contribution in [2.24, 2.45) is 0 Å². The van der Waals surface area contributed by atoms with Crippen LogP contribution in [0.2, 0.25) is 0 Å². The molecule has 0 spiro atoms. The number of thiocarbonyl (C=S) groups is 1. The Morgan fingerprint density at radius 3 is 2.27 bits per heavy atom. The largest absolute Gasteiger partial charge is 0.351 e. The van der Waals surface area contributed by atoms with E-state index in [4.69, 9.17) is 12.2 Å². The minimum absolute atomic E-state index is 0.583. The second-order valence-corrected chi connectivity index (χ2v) is 3.64. The van der Waals surface area contributed by atoms with Crippen molar-refractivity contribution < 1.29 is 0 Å². The third-order valence-electron chi connectivity index (χ3n) is 1.38. The summed E-state index contributed by atoms with van der Waals surface area (Å²) in [4.78, 5) is 8.30. The second kappa shape index (κ2) is 9.48. The Bertz CT molecular complexity index is 256. The Kier molecular flexibility index (Phi) is 8.81. The monoisotopic (exact) mass is 241 g/mol. The summed E-state index contributed by atoms with van der Waals surface area (Å²) in [5.74, 6) is 0. The highest BCUT2D eigenvalue weighted by molar-refractivity contribution is 8.10. The van der Waals surface area contributed by atoms with Crippen molar-refractivity contribution in [2.45, 2.75) is 0 Å². The number of thiol groups is 1. The van der Waals surface area contributed by atoms with E-state index in [0.29, 0.717) is 4.32 Å². The minimum atomic E-state index is 0.583. The number of aromatic amines is 1. The van der Waals surface area contributed by atoms with Gasteiger partial charge in [-0.15, -0.1) is 25.8 Å². The number of H-pyrrole nitrogens is 1. The van der Waals surface area contributed by atoms with Gasteiger partial charge in [0.2, 0.25) is 0 Å². The molecule has 0 saturated heterocycles. The molecule has 0 amide bonds. The zero-order valence-corrected chi connectivity index (χ0v) is 10.2. The Labute approximate surface area is 101 Å². The molecular formula is C10H15N3S2. The van der Waals surface area contributed by atoms with Gasteiger partial charge in [0.15, 0.2) is 0 Å². The zero-order valence-electron chi connectivity index (χ0n) is 8.47. The van der Waals surface area contributed by atoms with Crippen LogP contribution < -0.4 is 0 Å². The van der Waals surface area contributed by atoms with Crippen molar-refractivity contribution in [2.75, 3.05) is 13.1 Å². The molecule has 0 unspecified atom stereocenters. The summed E-state index contributed by atoms with van der Waals surface area (Å²) in [5, 5.41) is 0. The Hall–Kier alpha value is -1.07. The van der Waals surface area contributed by atoms with Gasteiger partial charge in [0.25, 0.3) is 0 Å². The third-order valence-corrected chi connectivity index (χ3v) is 1.92. The number of hydrogen-bond acceptors (Lipinski definition) is 2. The molecule has 0 bridgehead atoms. The van der Waals surface area contributed by atoms with Crippen molar-refractivity contribution in [3.05, 3.63) is 44.0 Å². The quantitative estimate of drug-likeness (QED) is 0.482. The molecule has 0 saturated carbocycles. The van der Waals surface area contributed by atoms with E-state index in [1.807, 2.05) is 4.90 Å². The molecule has 0 aliphatic rings. The second-order valence-electron chi connectivity index (χ2n) is 2.53. The van der Waals surface area contributed by atoms with Gasteiger partial charge in [-0.3, -0.25) is 0 Å². The number of rotatable bonds is 4. The van der Waals surface area contributed by atoms with E-state index in [0.717, 1.165) is 13.1 Å². The van der Waals surface area contributed by atoms with Crippen LogP contribution in [0.3, 0.4) is 0 Å². The van der Waals surface area contributed by atoms with Gasteiger partial charge in [-0.05, 0) is 0 Å². The van der Waals surface area contributed by atoms with Crippen LogP contribution in [0, 0.1) is 0 Å². The molecule has 0 aliphatic heterocycles. The third kappa shape index (κ3) is 7.96. The SMILES string of the molecule is C=CCN(CC=C)C(=S)S.c1c[nH]cn1. The fourth-order valence-corrected chi connectivity index (χ4v) is 1.07. The van der Waals surface area contributed by atoms with E-state index in [-0.39, 0.29) is 0 Å². The molecule has 0 fully saturated rings. The Balaban J connectivity index is 0.000000322. The lowest BCUT2D eigenvalue weighted by Crippen LogP contribution is -2.25. The number of aromatic nitrogens is 2. The van der Waals surface area contributed by atoms with Crippen LogP contribution in [0.5, 0.6) is 0 Å². The van der Waals surface area contributed by atoms with Crippen LogP contribution in [0.4, 0.5) is 0 Å². The molecule has 0 atom stereocenters. The predicted octanol–water partition coefficient (Wildman–Crippen LogP) is 2.28. The van der Waals surface area contributed by atoms with Gasteiger partial charge in [0.1, 0.15) is 4.32 Å². The highest BCUT2D eigenvalue weighted by atomic mass is 32.1. The van der Waals surface area contributed by atoms with Crippen molar-refractivity contribution >= 4 is 29.2 Å². The van der Waals surface area contributed by atoms with Gasteiger partial charge in [-0.2, -0.15) is 0 Å². The maximum absolute atomic E-state index is 4.84. The molecule has 1 aromatic heterocycles. The van der Waals surface area contributed by atoms with E-state index >= 15 is 0 Å². The topological polar surface area (TPSA) is 31.9 Å². The van der Waals surface area contributed by atoms with Crippen molar-refractivity contribution in [1.82, 2.24) is 14.9 Å². The van der Waals surface area contributed by atoms with Crippen molar-refractivity contribution in [3.8, 4) is 0 Å². The molecule has 1 heterocycles. The molecule has 0 aromatic carbocycles. The van der Waals surface area contributed by atoms with Crippen LogP contribution in [-0.4, -0.2) is 32.3 Å². The summed E-state index contributed by atoms with van der Waals surface area (Å²) in [5.41, 5.74) is 0. The highest BCUT2D eigenvalue weighted by Gasteiger charge is 1.98. The molecule has 0 radical (unpaired) electrons. The van der Waals surface area contributed by atoms with Crippen LogP contribution >= 0.6 is 24.8 Å². The van der Waals surface area contributed by atoms with E-state index in [2.05, 4.69) is 35.8 Å². The summed E-state index contributed by atoms with van der Waals surface area (Å²) in [6, 6.07) is 0. The van der Waals surface area contributed by atoms with E-state index in [1.165, 1.54) is 0 Å². The summed E-state index contributed by atoms with van der Waals surface area (Å²) in [7, 11) is 0. The molecule has 15 heavy (non-hydrogen) atoms. The molecule has 1 aromatic rings. The van der Waals surface area contributed by atoms with E-state index in [1.54, 1.807) is 30.9 Å². The number of nitrogens with zero attached hydrogens (tertiary/aromatic N) is 2. The molecule has 82 valence electrons. The molecular weight excluding hydrogens is 226 g/mol. The van der Waals surface area contributed by atoms with E-state index < -0.39 is 0 Å². The lowest BCUT2D eigenvalue weighted by Gasteiger charge is -2.17. The smallest absolute Gasteiger partial charge is 0.133 e. The molecule has 1 rings (SSSR count). The minimum Gasteiger partial charge on any atom is -0.351 e. The number of nitrogens with one attached hydrogen (secondary N) is 1. The summed E-state index contributed by atoms with van der Waals surface area (Å²) in [6.45, 7) is 8.65. The van der Waals surface area contributed by atoms with Gasteiger partial charge in [-0.1, -0.05) is 24.4 Å². The zero-order chi connectivity index (χ0) is 11.5. The van der Waals surface area contributed by atoms with Gasteiger partial charge in [-0.25, -0.2) is 4.98 Å². The normalized spacial score (nSPS) is 8.33. The summed E-state index contributed by atoms with van der Waals surface area (Å²) in [6.07, 6.45) is 8.65. The summed E-state index contributed by atoms with van der Waals surface area (Å²) >= 11 is 8.87. The van der Waals surface area contributed by atoms with Gasteiger partial charge in [0, 0.05) is 25.5 Å². The van der Waals surface area contributed by atoms with Crippen LogP contribution in [-0.2, 0) is 0 Å². The fraction of sp³-hybridized carbons (Fsp3) is 0.200. The average Bonchev–Trinajstić information content (AvgIpc) is 2.75. The summed E-state index contributed by atoms with van der Waals surface area (Å²) < 4.78 is 0.583. The van der Waals surface area contributed by atoms with Gasteiger partial charge < -0.3 is 9.88 Å². The highest BCUT2D eigenvalue weighted by Crippen LogP contribution is 1.96. The molecule has 0 aliphatic carbocycles. The first-order chi connectivity index (χ1) is 7.22. The van der Waals surface area contributed by atoms with E-state index in [9.17, 15) is 0 Å². The average molecular weight is 241 g/mol. The van der Waals surface area contributed by atoms with Crippen LogP contribution in [0.25, 0.3) is 0 Å². The Morgan fingerprint density at radius 1 is 1.47 bits per heavy atom.